The lowest BCUT2D eigenvalue weighted by Crippen LogP contribution is -2.36. The topological polar surface area (TPSA) is 51.2 Å². The van der Waals surface area contributed by atoms with Gasteiger partial charge in [0.05, 0.1) is 5.25 Å². The number of hydrogen-bond donors (Lipinski definition) is 0. The Labute approximate surface area is 119 Å². The van der Waals surface area contributed by atoms with Crippen LogP contribution in [0.4, 0.5) is 8.78 Å². The molecule has 20 heavy (non-hydrogen) atoms. The maximum Gasteiger partial charge on any atom is 0.248 e. The zero-order valence-electron chi connectivity index (χ0n) is 11.8. The van der Waals surface area contributed by atoms with E-state index in [9.17, 15) is 22.0 Å². The summed E-state index contributed by atoms with van der Waals surface area (Å²) >= 11 is 0. The average Bonchev–Trinajstić information content (AvgIpc) is 2.37. The average molecular weight is 308 g/mol. The number of carbonyl (C=O) groups excluding carboxylic acids is 1. The van der Waals surface area contributed by atoms with Gasteiger partial charge in [-0.05, 0) is 32.1 Å². The number of alkyl halides is 2. The first-order valence-corrected chi connectivity index (χ1v) is 9.25. The van der Waals surface area contributed by atoms with Crippen LogP contribution in [0.3, 0.4) is 0 Å². The summed E-state index contributed by atoms with van der Waals surface area (Å²) in [5.41, 5.74) is 0. The molecule has 6 heteroatoms. The fourth-order valence-electron chi connectivity index (χ4n) is 3.45. The Morgan fingerprint density at radius 1 is 1.05 bits per heavy atom. The quantitative estimate of drug-likeness (QED) is 0.805. The standard InChI is InChI=1S/C14H22F2O3S/c1-20(18,19)12-4-2-3-11(9-12)13(17)10-5-7-14(15,16)8-6-10/h10-12H,2-9H2,1H3. The second kappa shape index (κ2) is 5.70. The largest absolute Gasteiger partial charge is 0.299 e. The van der Waals surface area contributed by atoms with Crippen LogP contribution in [0.15, 0.2) is 0 Å². The molecule has 0 heterocycles. The van der Waals surface area contributed by atoms with E-state index in [0.717, 1.165) is 6.42 Å². The van der Waals surface area contributed by atoms with Gasteiger partial charge in [0.2, 0.25) is 5.92 Å². The van der Waals surface area contributed by atoms with Crippen molar-refractivity contribution in [3.05, 3.63) is 0 Å². The molecule has 2 aliphatic rings. The van der Waals surface area contributed by atoms with Gasteiger partial charge < -0.3 is 0 Å². The Balaban J connectivity index is 1.96. The van der Waals surface area contributed by atoms with Crippen LogP contribution in [0, 0.1) is 11.8 Å². The summed E-state index contributed by atoms with van der Waals surface area (Å²) in [5.74, 6) is -3.15. The summed E-state index contributed by atoms with van der Waals surface area (Å²) in [6, 6.07) is 0. The van der Waals surface area contributed by atoms with Gasteiger partial charge in [-0.1, -0.05) is 6.42 Å². The van der Waals surface area contributed by atoms with Crippen LogP contribution in [-0.4, -0.2) is 31.6 Å². The van der Waals surface area contributed by atoms with Gasteiger partial charge >= 0.3 is 0 Å². The number of rotatable bonds is 3. The Bertz CT molecular complexity index is 463. The molecule has 2 unspecified atom stereocenters. The van der Waals surface area contributed by atoms with E-state index < -0.39 is 21.0 Å². The van der Waals surface area contributed by atoms with E-state index in [4.69, 9.17) is 0 Å². The fourth-order valence-corrected chi connectivity index (χ4v) is 4.63. The van der Waals surface area contributed by atoms with E-state index in [-0.39, 0.29) is 43.3 Å². The molecular formula is C14H22F2O3S. The molecule has 0 amide bonds. The molecule has 0 aromatic carbocycles. The van der Waals surface area contributed by atoms with Crippen LogP contribution in [0.5, 0.6) is 0 Å². The maximum absolute atomic E-state index is 13.1. The van der Waals surface area contributed by atoms with E-state index in [1.807, 2.05) is 0 Å². The minimum atomic E-state index is -3.11. The lowest BCUT2D eigenvalue weighted by Gasteiger charge is -2.32. The van der Waals surface area contributed by atoms with Crippen LogP contribution in [0.1, 0.15) is 51.4 Å². The summed E-state index contributed by atoms with van der Waals surface area (Å²) in [6.07, 6.45) is 3.70. The Hall–Kier alpha value is -0.520. The molecule has 116 valence electrons. The highest BCUT2D eigenvalue weighted by Gasteiger charge is 2.40. The summed E-state index contributed by atoms with van der Waals surface area (Å²) < 4.78 is 49.4. The molecule has 0 N–H and O–H groups in total. The van der Waals surface area contributed by atoms with Gasteiger partial charge in [-0.2, -0.15) is 0 Å². The van der Waals surface area contributed by atoms with Crippen molar-refractivity contribution in [2.24, 2.45) is 11.8 Å². The number of carbonyl (C=O) groups is 1. The van der Waals surface area contributed by atoms with Crippen LogP contribution >= 0.6 is 0 Å². The van der Waals surface area contributed by atoms with Gasteiger partial charge in [0, 0.05) is 30.9 Å². The van der Waals surface area contributed by atoms with Crippen molar-refractivity contribution in [2.45, 2.75) is 62.5 Å². The van der Waals surface area contributed by atoms with Crippen molar-refractivity contribution in [2.75, 3.05) is 6.26 Å². The minimum Gasteiger partial charge on any atom is -0.299 e. The zero-order chi connectivity index (χ0) is 15.0. The van der Waals surface area contributed by atoms with Gasteiger partial charge in [-0.3, -0.25) is 4.79 Å². The van der Waals surface area contributed by atoms with Gasteiger partial charge in [-0.25, -0.2) is 17.2 Å². The van der Waals surface area contributed by atoms with Crippen molar-refractivity contribution in [1.82, 2.24) is 0 Å². The predicted octanol–water partition coefficient (Wildman–Crippen LogP) is 2.98. The molecule has 0 bridgehead atoms. The highest BCUT2D eigenvalue weighted by molar-refractivity contribution is 7.91. The van der Waals surface area contributed by atoms with Crippen molar-refractivity contribution in [1.29, 1.82) is 0 Å². The highest BCUT2D eigenvalue weighted by atomic mass is 32.2. The number of Topliss-reactive ketones (excluding diaryl/α,β-unsaturated/α-hetero) is 1. The van der Waals surface area contributed by atoms with Gasteiger partial charge in [0.15, 0.2) is 0 Å². The lowest BCUT2D eigenvalue weighted by atomic mass is 9.76. The number of ketones is 1. The van der Waals surface area contributed by atoms with Crippen LogP contribution in [0.2, 0.25) is 0 Å². The molecular weight excluding hydrogens is 286 g/mol. The molecule has 0 saturated heterocycles. The molecule has 0 spiro atoms. The SMILES string of the molecule is CS(=O)(=O)C1CCCC(C(=O)C2CCC(F)(F)CC2)C1. The van der Waals surface area contributed by atoms with Gasteiger partial charge in [0.1, 0.15) is 15.6 Å². The third kappa shape index (κ3) is 3.77. The molecule has 2 aliphatic carbocycles. The molecule has 0 radical (unpaired) electrons. The monoisotopic (exact) mass is 308 g/mol. The Morgan fingerprint density at radius 3 is 2.20 bits per heavy atom. The molecule has 0 aromatic rings. The molecule has 2 atom stereocenters. The van der Waals surface area contributed by atoms with Crippen molar-refractivity contribution in [3.63, 3.8) is 0 Å². The van der Waals surface area contributed by atoms with Crippen molar-refractivity contribution < 1.29 is 22.0 Å². The van der Waals surface area contributed by atoms with E-state index in [2.05, 4.69) is 0 Å². The van der Waals surface area contributed by atoms with Crippen molar-refractivity contribution in [3.8, 4) is 0 Å². The normalized spacial score (nSPS) is 31.9. The maximum atomic E-state index is 13.1. The van der Waals surface area contributed by atoms with E-state index in [1.54, 1.807) is 0 Å². The first-order valence-electron chi connectivity index (χ1n) is 7.29. The molecule has 2 saturated carbocycles. The second-order valence-corrected chi connectivity index (χ2v) is 8.67. The highest BCUT2D eigenvalue weighted by Crippen LogP contribution is 2.39. The van der Waals surface area contributed by atoms with E-state index in [0.29, 0.717) is 19.3 Å². The molecule has 0 aliphatic heterocycles. The molecule has 0 aromatic heterocycles. The van der Waals surface area contributed by atoms with E-state index in [1.165, 1.54) is 6.26 Å². The van der Waals surface area contributed by atoms with Gasteiger partial charge in [-0.15, -0.1) is 0 Å². The Kier molecular flexibility index (Phi) is 4.52. The Morgan fingerprint density at radius 2 is 1.65 bits per heavy atom. The minimum absolute atomic E-state index is 0.0221. The smallest absolute Gasteiger partial charge is 0.248 e. The van der Waals surface area contributed by atoms with Crippen molar-refractivity contribution >= 4 is 15.6 Å². The molecule has 2 rings (SSSR count). The zero-order valence-corrected chi connectivity index (χ0v) is 12.6. The van der Waals surface area contributed by atoms with Crippen LogP contribution < -0.4 is 0 Å². The first-order chi connectivity index (χ1) is 9.19. The fraction of sp³-hybridized carbons (Fsp3) is 0.929. The molecule has 2 fully saturated rings. The summed E-state index contributed by atoms with van der Waals surface area (Å²) in [4.78, 5) is 12.4. The summed E-state index contributed by atoms with van der Waals surface area (Å²) in [5, 5.41) is -0.435. The van der Waals surface area contributed by atoms with Crippen LogP contribution in [0.25, 0.3) is 0 Å². The summed E-state index contributed by atoms with van der Waals surface area (Å²) in [6.45, 7) is 0. The number of sulfone groups is 1. The lowest BCUT2D eigenvalue weighted by molar-refractivity contribution is -0.131. The third-order valence-corrected chi connectivity index (χ3v) is 6.39. The van der Waals surface area contributed by atoms with Gasteiger partial charge in [0.25, 0.3) is 0 Å². The second-order valence-electron chi connectivity index (χ2n) is 6.35. The van der Waals surface area contributed by atoms with E-state index >= 15 is 0 Å². The number of halogens is 2. The molecule has 3 nitrogen and oxygen atoms in total. The summed E-state index contributed by atoms with van der Waals surface area (Å²) in [7, 11) is -3.11. The number of hydrogen-bond acceptors (Lipinski definition) is 3. The van der Waals surface area contributed by atoms with Crippen LogP contribution in [-0.2, 0) is 14.6 Å². The first kappa shape index (κ1) is 15.9. The predicted molar refractivity (Wildman–Crippen MR) is 72.5 cm³/mol. The third-order valence-electron chi connectivity index (χ3n) is 4.75.